The molecule has 1 heterocycles. The van der Waals surface area contributed by atoms with Crippen LogP contribution in [-0.2, 0) is 11.2 Å². The van der Waals surface area contributed by atoms with Gasteiger partial charge >= 0.3 is 18.2 Å². The molecule has 2 amide bonds. The second-order valence-corrected chi connectivity index (χ2v) is 7.27. The molecule has 33 heavy (non-hydrogen) atoms. The molecule has 0 radical (unpaired) electrons. The van der Waals surface area contributed by atoms with Crippen molar-refractivity contribution in [2.24, 2.45) is 0 Å². The molecule has 11 heteroatoms. The van der Waals surface area contributed by atoms with Crippen molar-refractivity contribution in [1.29, 1.82) is 0 Å². The van der Waals surface area contributed by atoms with Gasteiger partial charge in [0.2, 0.25) is 0 Å². The van der Waals surface area contributed by atoms with E-state index in [1.807, 2.05) is 30.3 Å². The molecule has 3 N–H and O–H groups in total. The van der Waals surface area contributed by atoms with Gasteiger partial charge in [0, 0.05) is 18.7 Å². The number of alkyl halides is 3. The molecule has 0 unspecified atom stereocenters. The lowest BCUT2D eigenvalue weighted by Crippen LogP contribution is -2.48. The highest BCUT2D eigenvalue weighted by Gasteiger charge is 2.38. The van der Waals surface area contributed by atoms with E-state index in [1.165, 1.54) is 6.07 Å². The SMILES string of the molecule is O=C(Nc1ccc(F)cc1F)N(CCc1ccccc1)C1CCNCC1.O=C(O)C(F)(F)F. The average Bonchev–Trinajstić information content (AvgIpc) is 2.77. The van der Waals surface area contributed by atoms with Crippen molar-refractivity contribution < 1.29 is 36.6 Å². The molecule has 2 aromatic carbocycles. The smallest absolute Gasteiger partial charge is 0.475 e. The summed E-state index contributed by atoms with van der Waals surface area (Å²) >= 11 is 0. The Morgan fingerprint density at radius 1 is 1.06 bits per heavy atom. The molecule has 0 saturated carbocycles. The number of carboxylic acids is 1. The Bertz CT molecular complexity index is 919. The number of hydrogen-bond acceptors (Lipinski definition) is 3. The van der Waals surface area contributed by atoms with Crippen LogP contribution in [0.15, 0.2) is 48.5 Å². The minimum atomic E-state index is -5.08. The number of nitrogens with one attached hydrogen (secondary N) is 2. The Morgan fingerprint density at radius 3 is 2.21 bits per heavy atom. The first-order valence-corrected chi connectivity index (χ1v) is 10.2. The minimum absolute atomic E-state index is 0.00459. The zero-order valence-electron chi connectivity index (χ0n) is 17.5. The number of anilines is 1. The van der Waals surface area contributed by atoms with Crippen molar-refractivity contribution in [3.05, 3.63) is 65.7 Å². The molecule has 1 fully saturated rings. The Labute approximate surface area is 187 Å². The van der Waals surface area contributed by atoms with E-state index in [0.29, 0.717) is 6.54 Å². The van der Waals surface area contributed by atoms with Gasteiger partial charge in [-0.3, -0.25) is 0 Å². The summed E-state index contributed by atoms with van der Waals surface area (Å²) in [6.07, 6.45) is -2.65. The van der Waals surface area contributed by atoms with Gasteiger partial charge < -0.3 is 20.6 Å². The standard InChI is InChI=1S/C20H23F2N3O.C2HF3O2/c21-16-6-7-19(18(22)14-16)24-20(26)25(17-8-11-23-12-9-17)13-10-15-4-2-1-3-5-15;3-2(4,5)1(6)7/h1-7,14,17,23H,8-13H2,(H,24,26);(H,6,7). The largest absolute Gasteiger partial charge is 0.490 e. The Morgan fingerprint density at radius 2 is 1.67 bits per heavy atom. The molecule has 1 aliphatic heterocycles. The summed E-state index contributed by atoms with van der Waals surface area (Å²) in [5.74, 6) is -4.20. The number of benzene rings is 2. The Hall–Kier alpha value is -3.21. The zero-order chi connectivity index (χ0) is 24.4. The lowest BCUT2D eigenvalue weighted by Gasteiger charge is -2.34. The molecule has 0 aromatic heterocycles. The van der Waals surface area contributed by atoms with E-state index < -0.39 is 23.8 Å². The molecular weight excluding hydrogens is 449 g/mol. The van der Waals surface area contributed by atoms with Gasteiger partial charge in [-0.1, -0.05) is 30.3 Å². The highest BCUT2D eigenvalue weighted by Crippen LogP contribution is 2.19. The topological polar surface area (TPSA) is 81.7 Å². The quantitative estimate of drug-likeness (QED) is 0.562. The maximum atomic E-state index is 13.9. The van der Waals surface area contributed by atoms with Gasteiger partial charge in [0.05, 0.1) is 5.69 Å². The number of carboxylic acid groups (broad SMARTS) is 1. The van der Waals surface area contributed by atoms with Crippen LogP contribution in [0.4, 0.5) is 32.4 Å². The average molecular weight is 473 g/mol. The maximum Gasteiger partial charge on any atom is 0.490 e. The first kappa shape index (κ1) is 26.0. The van der Waals surface area contributed by atoms with E-state index in [0.717, 1.165) is 50.0 Å². The lowest BCUT2D eigenvalue weighted by atomic mass is 10.0. The number of nitrogens with zero attached hydrogens (tertiary/aromatic N) is 1. The first-order chi connectivity index (χ1) is 15.6. The van der Waals surface area contributed by atoms with Crippen molar-refractivity contribution in [2.75, 3.05) is 25.0 Å². The van der Waals surface area contributed by atoms with Gasteiger partial charge in [0.1, 0.15) is 11.6 Å². The summed E-state index contributed by atoms with van der Waals surface area (Å²) < 4.78 is 58.7. The number of carbonyl (C=O) groups is 2. The fourth-order valence-corrected chi connectivity index (χ4v) is 3.24. The highest BCUT2D eigenvalue weighted by atomic mass is 19.4. The van der Waals surface area contributed by atoms with E-state index in [9.17, 15) is 26.7 Å². The zero-order valence-corrected chi connectivity index (χ0v) is 17.5. The molecule has 0 aliphatic carbocycles. The number of piperidine rings is 1. The van der Waals surface area contributed by atoms with Crippen molar-refractivity contribution in [3.8, 4) is 0 Å². The van der Waals surface area contributed by atoms with Crippen LogP contribution in [0.25, 0.3) is 0 Å². The number of urea groups is 1. The van der Waals surface area contributed by atoms with Crippen molar-refractivity contribution in [1.82, 2.24) is 10.2 Å². The molecule has 3 rings (SSSR count). The summed E-state index contributed by atoms with van der Waals surface area (Å²) in [5.41, 5.74) is 1.14. The maximum absolute atomic E-state index is 13.9. The first-order valence-electron chi connectivity index (χ1n) is 10.2. The van der Waals surface area contributed by atoms with Gasteiger partial charge in [-0.25, -0.2) is 18.4 Å². The molecular formula is C22H24F5N3O3. The molecule has 0 atom stereocenters. The predicted octanol–water partition coefficient (Wildman–Crippen LogP) is 4.43. The second kappa shape index (κ2) is 12.1. The summed E-state index contributed by atoms with van der Waals surface area (Å²) in [6.45, 7) is 2.25. The van der Waals surface area contributed by atoms with Crippen LogP contribution in [0.2, 0.25) is 0 Å². The van der Waals surface area contributed by atoms with Crippen LogP contribution in [0.3, 0.4) is 0 Å². The second-order valence-electron chi connectivity index (χ2n) is 7.27. The van der Waals surface area contributed by atoms with E-state index in [-0.39, 0.29) is 17.8 Å². The van der Waals surface area contributed by atoms with Gasteiger partial charge in [0.15, 0.2) is 0 Å². The highest BCUT2D eigenvalue weighted by molar-refractivity contribution is 5.89. The number of carbonyl (C=O) groups excluding carboxylic acids is 1. The molecule has 0 spiro atoms. The van der Waals surface area contributed by atoms with E-state index in [1.54, 1.807) is 4.90 Å². The number of aliphatic carboxylic acids is 1. The van der Waals surface area contributed by atoms with Crippen LogP contribution >= 0.6 is 0 Å². The van der Waals surface area contributed by atoms with Crippen LogP contribution in [0, 0.1) is 11.6 Å². The molecule has 2 aromatic rings. The molecule has 0 bridgehead atoms. The van der Waals surface area contributed by atoms with Crippen molar-refractivity contribution >= 4 is 17.7 Å². The van der Waals surface area contributed by atoms with Crippen molar-refractivity contribution in [3.63, 3.8) is 0 Å². The van der Waals surface area contributed by atoms with Gasteiger partial charge in [-0.2, -0.15) is 13.2 Å². The van der Waals surface area contributed by atoms with Crippen LogP contribution in [0.5, 0.6) is 0 Å². The fraction of sp³-hybridized carbons (Fsp3) is 0.364. The van der Waals surface area contributed by atoms with Gasteiger partial charge in [0.25, 0.3) is 0 Å². The van der Waals surface area contributed by atoms with Crippen LogP contribution < -0.4 is 10.6 Å². The van der Waals surface area contributed by atoms with E-state index >= 15 is 0 Å². The summed E-state index contributed by atoms with van der Waals surface area (Å²) in [5, 5.41) is 13.0. The molecule has 6 nitrogen and oxygen atoms in total. The third kappa shape index (κ3) is 8.68. The monoisotopic (exact) mass is 473 g/mol. The third-order valence-electron chi connectivity index (χ3n) is 4.91. The number of amides is 2. The van der Waals surface area contributed by atoms with E-state index in [4.69, 9.17) is 9.90 Å². The summed E-state index contributed by atoms with van der Waals surface area (Å²) in [6, 6.07) is 12.9. The summed E-state index contributed by atoms with van der Waals surface area (Å²) in [4.78, 5) is 23.5. The van der Waals surface area contributed by atoms with Crippen LogP contribution in [-0.4, -0.2) is 53.9 Å². The van der Waals surface area contributed by atoms with Gasteiger partial charge in [-0.05, 0) is 50.0 Å². The van der Waals surface area contributed by atoms with Crippen LogP contribution in [0.1, 0.15) is 18.4 Å². The van der Waals surface area contributed by atoms with Crippen molar-refractivity contribution in [2.45, 2.75) is 31.5 Å². The third-order valence-corrected chi connectivity index (χ3v) is 4.91. The predicted molar refractivity (Wildman–Crippen MR) is 112 cm³/mol. The molecule has 1 aliphatic rings. The number of halogens is 5. The van der Waals surface area contributed by atoms with Gasteiger partial charge in [-0.15, -0.1) is 0 Å². The number of rotatable bonds is 5. The normalized spacial score (nSPS) is 14.1. The molecule has 1 saturated heterocycles. The fourth-order valence-electron chi connectivity index (χ4n) is 3.24. The Kier molecular flexibility index (Phi) is 9.58. The minimum Gasteiger partial charge on any atom is -0.475 e. The number of hydrogen-bond donors (Lipinski definition) is 3. The Balaban J connectivity index is 0.000000479. The van der Waals surface area contributed by atoms with E-state index in [2.05, 4.69) is 10.6 Å². The lowest BCUT2D eigenvalue weighted by molar-refractivity contribution is -0.192. The summed E-state index contributed by atoms with van der Waals surface area (Å²) in [7, 11) is 0. The molecule has 180 valence electrons.